The van der Waals surface area contributed by atoms with E-state index in [1.165, 1.54) is 20.0 Å². The Balaban J connectivity index is 0.000000557. The zero-order valence-electron chi connectivity index (χ0n) is 11.5. The number of ether oxygens (including phenoxy) is 1. The van der Waals surface area contributed by atoms with E-state index < -0.39 is 0 Å². The predicted octanol–water partition coefficient (Wildman–Crippen LogP) is 2.22. The van der Waals surface area contributed by atoms with Crippen LogP contribution < -0.4 is 0 Å². The van der Waals surface area contributed by atoms with E-state index in [-0.39, 0.29) is 17.8 Å². The second kappa shape index (κ2) is 9.02. The number of hydrogen-bond acceptors (Lipinski definition) is 3. The van der Waals surface area contributed by atoms with Crippen molar-refractivity contribution in [2.24, 2.45) is 5.92 Å². The van der Waals surface area contributed by atoms with Gasteiger partial charge in [0.2, 0.25) is 5.91 Å². The third-order valence-electron chi connectivity index (χ3n) is 2.74. The van der Waals surface area contributed by atoms with Crippen molar-refractivity contribution < 1.29 is 14.3 Å². The van der Waals surface area contributed by atoms with Gasteiger partial charge in [0.25, 0.3) is 0 Å². The third kappa shape index (κ3) is 5.71. The second-order valence-corrected chi connectivity index (χ2v) is 4.26. The molecule has 1 aliphatic rings. The lowest BCUT2D eigenvalue weighted by Crippen LogP contribution is -2.27. The van der Waals surface area contributed by atoms with Crippen molar-refractivity contribution in [1.29, 1.82) is 0 Å². The lowest BCUT2D eigenvalue weighted by molar-refractivity contribution is -0.145. The van der Waals surface area contributed by atoms with Crippen LogP contribution in [0.2, 0.25) is 0 Å². The SMILES string of the molecule is CCCC.CCCN1CC(C(=O)OC)CC1=O. The molecule has 0 radical (unpaired) electrons. The van der Waals surface area contributed by atoms with Crippen LogP contribution in [0, 0.1) is 5.92 Å². The highest BCUT2D eigenvalue weighted by Crippen LogP contribution is 2.18. The minimum Gasteiger partial charge on any atom is -0.469 e. The van der Waals surface area contributed by atoms with Crippen molar-refractivity contribution in [3.8, 4) is 0 Å². The molecule has 100 valence electrons. The highest BCUT2D eigenvalue weighted by molar-refractivity contribution is 5.86. The molecule has 1 rings (SSSR count). The predicted molar refractivity (Wildman–Crippen MR) is 67.6 cm³/mol. The number of nitrogens with zero attached hydrogens (tertiary/aromatic N) is 1. The number of unbranched alkanes of at least 4 members (excludes halogenated alkanes) is 1. The number of hydrogen-bond donors (Lipinski definition) is 0. The van der Waals surface area contributed by atoms with Gasteiger partial charge in [0.1, 0.15) is 0 Å². The molecule has 1 heterocycles. The fourth-order valence-electron chi connectivity index (χ4n) is 1.58. The number of carbonyl (C=O) groups excluding carboxylic acids is 2. The maximum Gasteiger partial charge on any atom is 0.310 e. The molecule has 1 unspecified atom stereocenters. The van der Waals surface area contributed by atoms with Crippen LogP contribution in [0.5, 0.6) is 0 Å². The fourth-order valence-corrected chi connectivity index (χ4v) is 1.58. The van der Waals surface area contributed by atoms with E-state index in [4.69, 9.17) is 0 Å². The number of carbonyl (C=O) groups is 2. The Morgan fingerprint density at radius 3 is 2.29 bits per heavy atom. The third-order valence-corrected chi connectivity index (χ3v) is 2.74. The maximum absolute atomic E-state index is 11.3. The molecule has 0 spiro atoms. The number of esters is 1. The smallest absolute Gasteiger partial charge is 0.310 e. The molecule has 0 aromatic carbocycles. The number of amides is 1. The van der Waals surface area contributed by atoms with Gasteiger partial charge < -0.3 is 9.64 Å². The average Bonchev–Trinajstić information content (AvgIpc) is 2.71. The standard InChI is InChI=1S/C9H15NO3.C4H10/c1-3-4-10-6-7(5-8(10)11)9(12)13-2;1-3-4-2/h7H,3-6H2,1-2H3;3-4H2,1-2H3. The van der Waals surface area contributed by atoms with Crippen LogP contribution in [0.1, 0.15) is 46.5 Å². The van der Waals surface area contributed by atoms with E-state index in [1.54, 1.807) is 4.90 Å². The average molecular weight is 243 g/mol. The van der Waals surface area contributed by atoms with Crippen LogP contribution in [0.4, 0.5) is 0 Å². The van der Waals surface area contributed by atoms with Gasteiger partial charge in [0, 0.05) is 19.5 Å². The van der Waals surface area contributed by atoms with Crippen LogP contribution in [-0.2, 0) is 14.3 Å². The van der Waals surface area contributed by atoms with E-state index in [1.807, 2.05) is 6.92 Å². The van der Waals surface area contributed by atoms with Gasteiger partial charge in [-0.2, -0.15) is 0 Å². The van der Waals surface area contributed by atoms with Gasteiger partial charge in [-0.3, -0.25) is 9.59 Å². The van der Waals surface area contributed by atoms with Crippen LogP contribution in [0.15, 0.2) is 0 Å². The summed E-state index contributed by atoms with van der Waals surface area (Å²) in [5.41, 5.74) is 0. The molecule has 0 aromatic rings. The molecule has 0 aromatic heterocycles. The van der Waals surface area contributed by atoms with Gasteiger partial charge in [-0.25, -0.2) is 0 Å². The summed E-state index contributed by atoms with van der Waals surface area (Å²) in [7, 11) is 1.36. The van der Waals surface area contributed by atoms with Crippen LogP contribution in [0.3, 0.4) is 0 Å². The largest absolute Gasteiger partial charge is 0.469 e. The molecule has 0 aliphatic carbocycles. The Hall–Kier alpha value is -1.06. The van der Waals surface area contributed by atoms with Crippen molar-refractivity contribution in [1.82, 2.24) is 4.90 Å². The monoisotopic (exact) mass is 243 g/mol. The normalized spacial score (nSPS) is 18.7. The molecule has 1 aliphatic heterocycles. The minimum absolute atomic E-state index is 0.0669. The van der Waals surface area contributed by atoms with Gasteiger partial charge in [-0.15, -0.1) is 0 Å². The first-order chi connectivity index (χ1) is 8.10. The van der Waals surface area contributed by atoms with E-state index in [9.17, 15) is 9.59 Å². The lowest BCUT2D eigenvalue weighted by atomic mass is 10.1. The fraction of sp³-hybridized carbons (Fsp3) is 0.846. The highest BCUT2D eigenvalue weighted by Gasteiger charge is 2.34. The summed E-state index contributed by atoms with van der Waals surface area (Å²) in [6.07, 6.45) is 3.88. The van der Waals surface area contributed by atoms with Crippen molar-refractivity contribution in [2.75, 3.05) is 20.2 Å². The summed E-state index contributed by atoms with van der Waals surface area (Å²) in [5, 5.41) is 0. The Morgan fingerprint density at radius 2 is 1.88 bits per heavy atom. The molecule has 1 amide bonds. The molecule has 1 atom stereocenters. The Labute approximate surface area is 104 Å². The Bertz CT molecular complexity index is 239. The Morgan fingerprint density at radius 1 is 1.29 bits per heavy atom. The molecular formula is C13H25NO3. The molecule has 17 heavy (non-hydrogen) atoms. The number of methoxy groups -OCH3 is 1. The van der Waals surface area contributed by atoms with E-state index in [0.29, 0.717) is 13.0 Å². The molecular weight excluding hydrogens is 218 g/mol. The molecule has 0 N–H and O–H groups in total. The van der Waals surface area contributed by atoms with Gasteiger partial charge in [0.15, 0.2) is 0 Å². The first-order valence-electron chi connectivity index (χ1n) is 6.46. The quantitative estimate of drug-likeness (QED) is 0.711. The van der Waals surface area contributed by atoms with Crippen LogP contribution >= 0.6 is 0 Å². The van der Waals surface area contributed by atoms with E-state index >= 15 is 0 Å². The summed E-state index contributed by atoms with van der Waals surface area (Å²) < 4.78 is 4.59. The highest BCUT2D eigenvalue weighted by atomic mass is 16.5. The van der Waals surface area contributed by atoms with Crippen molar-refractivity contribution in [3.63, 3.8) is 0 Å². The van der Waals surface area contributed by atoms with Crippen molar-refractivity contribution in [3.05, 3.63) is 0 Å². The van der Waals surface area contributed by atoms with Gasteiger partial charge in [-0.05, 0) is 6.42 Å². The first kappa shape index (κ1) is 15.9. The molecule has 1 saturated heterocycles. The molecule has 1 fully saturated rings. The second-order valence-electron chi connectivity index (χ2n) is 4.26. The summed E-state index contributed by atoms with van der Waals surface area (Å²) in [4.78, 5) is 24.1. The van der Waals surface area contributed by atoms with Gasteiger partial charge in [-0.1, -0.05) is 33.6 Å². The summed E-state index contributed by atoms with van der Waals surface area (Å²) >= 11 is 0. The summed E-state index contributed by atoms with van der Waals surface area (Å²) in [6, 6.07) is 0. The number of rotatable bonds is 4. The molecule has 0 bridgehead atoms. The zero-order chi connectivity index (χ0) is 13.3. The topological polar surface area (TPSA) is 46.6 Å². The van der Waals surface area contributed by atoms with Gasteiger partial charge >= 0.3 is 5.97 Å². The van der Waals surface area contributed by atoms with Crippen molar-refractivity contribution in [2.45, 2.75) is 46.5 Å². The lowest BCUT2D eigenvalue weighted by Gasteiger charge is -2.14. The summed E-state index contributed by atoms with van der Waals surface area (Å²) in [5.74, 6) is -0.451. The van der Waals surface area contributed by atoms with Crippen LogP contribution in [-0.4, -0.2) is 37.0 Å². The number of likely N-dealkylation sites (tertiary alicyclic amines) is 1. The minimum atomic E-state index is -0.271. The molecule has 4 nitrogen and oxygen atoms in total. The summed E-state index contributed by atoms with van der Waals surface area (Å²) in [6.45, 7) is 7.64. The van der Waals surface area contributed by atoms with Gasteiger partial charge in [0.05, 0.1) is 13.0 Å². The van der Waals surface area contributed by atoms with Crippen LogP contribution in [0.25, 0.3) is 0 Å². The first-order valence-corrected chi connectivity index (χ1v) is 6.46. The van der Waals surface area contributed by atoms with Crippen molar-refractivity contribution >= 4 is 11.9 Å². The molecule has 0 saturated carbocycles. The maximum atomic E-state index is 11.3. The Kier molecular flexibility index (Phi) is 8.46. The van der Waals surface area contributed by atoms with E-state index in [2.05, 4.69) is 18.6 Å². The molecule has 4 heteroatoms. The van der Waals surface area contributed by atoms with E-state index in [0.717, 1.165) is 13.0 Å². The zero-order valence-corrected chi connectivity index (χ0v) is 11.5.